The number of rotatable bonds is 2. The van der Waals surface area contributed by atoms with Crippen LogP contribution in [0.4, 0.5) is 70.2 Å². The Morgan fingerprint density at radius 1 is 0.264 bits per heavy atom. The van der Waals surface area contributed by atoms with E-state index < -0.39 is 48.1 Å². The van der Waals surface area contributed by atoms with Gasteiger partial charge in [-0.1, -0.05) is 297 Å². The Hall–Kier alpha value is -7.90. The van der Waals surface area contributed by atoms with Gasteiger partial charge in [-0.15, -0.1) is 26.3 Å². The van der Waals surface area contributed by atoms with Crippen LogP contribution in [0.3, 0.4) is 0 Å². The number of aromatic nitrogens is 2. The van der Waals surface area contributed by atoms with Gasteiger partial charge < -0.3 is 9.47 Å². The number of alkyl halides is 15. The van der Waals surface area contributed by atoms with Gasteiger partial charge in [-0.25, -0.2) is 9.37 Å². The average Bonchev–Trinajstić information content (AvgIpc) is 0.806. The molecule has 8 aromatic rings. The van der Waals surface area contributed by atoms with Crippen LogP contribution < -0.4 is 9.47 Å². The van der Waals surface area contributed by atoms with Crippen LogP contribution in [0.15, 0.2) is 170 Å². The Bertz CT molecular complexity index is 3780. The first kappa shape index (κ1) is 106. The van der Waals surface area contributed by atoms with Crippen molar-refractivity contribution < 1.29 is 79.7 Å². The second-order valence-corrected chi connectivity index (χ2v) is 34.2. The molecule has 0 bridgehead atoms. The molecule has 0 aliphatic heterocycles. The summed E-state index contributed by atoms with van der Waals surface area (Å²) in [4.78, 5) is 7.94. The summed E-state index contributed by atoms with van der Waals surface area (Å²) in [7, 11) is 0. The zero-order chi connectivity index (χ0) is 83.5. The third kappa shape index (κ3) is 41.4. The van der Waals surface area contributed by atoms with Gasteiger partial charge in [0.15, 0.2) is 0 Å². The summed E-state index contributed by atoms with van der Waals surface area (Å²) in [5.41, 5.74) is 8.21. The molecule has 110 heavy (non-hydrogen) atoms. The highest BCUT2D eigenvalue weighted by atomic mass is 19.4. The highest BCUT2D eigenvalue weighted by Crippen LogP contribution is 2.37. The fourth-order valence-corrected chi connectivity index (χ4v) is 8.91. The monoisotopic (exact) mass is 1570 g/mol. The SMILES string of the molecule is C.C.C.CC(C)(C)c1ccc(OC(F)(F)F)cc1.CC(C)(C)c1cccc(C(F)(F)F)c1.CC(C)(C)c1cccc(C(F)(F)F)n1.CC(C)(C)c1cccc(OC(F)(F)F)c1.Cc1ccc(C(C)(C)C)cc1.Cc1ccc(C(C)(C)C)cc1C(F)(F)F.Cc1ccc(C(C)(C)C)cc1F.Cc1ccc(C(C)(C)C)nc1. The Morgan fingerprint density at radius 3 is 0.964 bits per heavy atom. The predicted molar refractivity (Wildman–Crippen MR) is 424 cm³/mol. The van der Waals surface area contributed by atoms with Gasteiger partial charge >= 0.3 is 31.3 Å². The van der Waals surface area contributed by atoms with Crippen LogP contribution in [0.2, 0.25) is 0 Å². The number of nitrogens with zero attached hydrogens (tertiary/aromatic N) is 2. The Kier molecular flexibility index (Phi) is 40.2. The molecule has 0 saturated heterocycles. The minimum absolute atomic E-state index is 0. The van der Waals surface area contributed by atoms with Crippen molar-refractivity contribution in [3.8, 4) is 11.5 Å². The Morgan fingerprint density at radius 2 is 0.600 bits per heavy atom. The zero-order valence-electron chi connectivity index (χ0n) is 67.4. The lowest BCUT2D eigenvalue weighted by Crippen LogP contribution is -2.18. The highest BCUT2D eigenvalue weighted by Gasteiger charge is 2.36. The zero-order valence-corrected chi connectivity index (χ0v) is 67.4. The van der Waals surface area contributed by atoms with E-state index in [1.54, 1.807) is 55.5 Å². The first-order valence-electron chi connectivity index (χ1n) is 34.7. The summed E-state index contributed by atoms with van der Waals surface area (Å²) < 4.78 is 204. The molecule has 8 rings (SSSR count). The van der Waals surface area contributed by atoms with Crippen LogP contribution in [0.1, 0.15) is 272 Å². The maximum atomic E-state index is 13.1. The number of ether oxygens (including phenoxy) is 2. The first-order chi connectivity index (χ1) is 47.8. The standard InChI is InChI=1S/C12H15F3.2C11H13F3O.C11H13F3.C11H15F.C11H16.C10H12F3N.C10H15N.3CH4/c1-8-5-6-9(11(2,3)4)7-10(8)12(13,14)15;1-10(2,3)8-4-6-9(7-5-8)15-11(12,13)14;1-10(2,3)8-5-4-6-9(7-8)15-11(12,13)14;1-10(2,3)8-5-4-6-9(7-8)11(12,13)14;1-8-5-6-9(7-10(8)12)11(2,3)4;1-9-5-7-10(8-6-9)11(2,3)4;1-9(2,3)7-5-4-6-8(14-7)10(11,12)13;1-8-5-6-9(11-7-8)10(2,3)4;;;/h5-7H,1-4H3;2*4-7H,1-3H3;4-7H,1-3H3;5-7H,1-4H3;5-8H,1-4H3;4-6H,1-3H3;5-7H,1-4H3;3*1H4. The second-order valence-electron chi connectivity index (χ2n) is 34.2. The molecule has 2 aromatic heterocycles. The largest absolute Gasteiger partial charge is 0.573 e. The van der Waals surface area contributed by atoms with Gasteiger partial charge in [0.25, 0.3) is 0 Å². The van der Waals surface area contributed by atoms with E-state index in [0.29, 0.717) is 22.4 Å². The molecule has 0 atom stereocenters. The van der Waals surface area contributed by atoms with Gasteiger partial charge in [-0.3, -0.25) is 4.98 Å². The predicted octanol–water partition coefficient (Wildman–Crippen LogP) is 30.8. The lowest BCUT2D eigenvalue weighted by Gasteiger charge is -2.21. The van der Waals surface area contributed by atoms with Gasteiger partial charge in [0.2, 0.25) is 0 Å². The molecule has 20 heteroatoms. The van der Waals surface area contributed by atoms with E-state index in [4.69, 9.17) is 0 Å². The maximum Gasteiger partial charge on any atom is 0.573 e. The smallest absolute Gasteiger partial charge is 0.406 e. The topological polar surface area (TPSA) is 44.2 Å². The van der Waals surface area contributed by atoms with E-state index in [-0.39, 0.29) is 88.5 Å². The number of hydrogen-bond donors (Lipinski definition) is 0. The number of hydrogen-bond acceptors (Lipinski definition) is 4. The van der Waals surface area contributed by atoms with Crippen LogP contribution in [0, 0.1) is 33.5 Å². The summed E-state index contributed by atoms with van der Waals surface area (Å²) in [6, 6.07) is 44.3. The molecular weight excluding hydrogens is 1440 g/mol. The molecule has 0 spiro atoms. The third-order valence-electron chi connectivity index (χ3n) is 15.8. The second kappa shape index (κ2) is 41.6. The van der Waals surface area contributed by atoms with Crippen LogP contribution in [-0.4, -0.2) is 22.7 Å². The van der Waals surface area contributed by atoms with E-state index in [1.807, 2.05) is 122 Å². The number of benzene rings is 6. The molecule has 0 fully saturated rings. The molecule has 0 radical (unpaired) electrons. The van der Waals surface area contributed by atoms with Crippen molar-refractivity contribution in [1.29, 1.82) is 0 Å². The maximum absolute atomic E-state index is 13.1. The van der Waals surface area contributed by atoms with Gasteiger partial charge in [0.05, 0.1) is 11.1 Å². The lowest BCUT2D eigenvalue weighted by atomic mass is 9.85. The Balaban J connectivity index is -0.00000119. The lowest BCUT2D eigenvalue weighted by molar-refractivity contribution is -0.275. The fraction of sp³-hybridized carbons (Fsp3) is 0.489. The van der Waals surface area contributed by atoms with Crippen LogP contribution in [-0.2, 0) is 61.8 Å². The van der Waals surface area contributed by atoms with Crippen LogP contribution in [0.5, 0.6) is 11.5 Å². The average molecular weight is 1570 g/mol. The number of halogens is 16. The van der Waals surface area contributed by atoms with Crippen molar-refractivity contribution in [3.05, 3.63) is 260 Å². The van der Waals surface area contributed by atoms with E-state index in [1.165, 1.54) is 78.2 Å². The molecule has 6 aromatic carbocycles. The molecule has 0 unspecified atom stereocenters. The van der Waals surface area contributed by atoms with Gasteiger partial charge in [-0.05, 0) is 171 Å². The minimum atomic E-state index is -4.63. The quantitative estimate of drug-likeness (QED) is 0.162. The minimum Gasteiger partial charge on any atom is -0.406 e. The summed E-state index contributed by atoms with van der Waals surface area (Å²) >= 11 is 0. The summed E-state index contributed by atoms with van der Waals surface area (Å²) in [6.45, 7) is 55.5. The van der Waals surface area contributed by atoms with Crippen molar-refractivity contribution >= 4 is 0 Å². The molecular formula is C90H124F16N2O2. The van der Waals surface area contributed by atoms with Crippen LogP contribution in [0.25, 0.3) is 0 Å². The normalized spacial score (nSPS) is 12.1. The molecule has 2 heterocycles. The molecule has 0 aliphatic carbocycles. The molecule has 4 nitrogen and oxygen atoms in total. The van der Waals surface area contributed by atoms with Gasteiger partial charge in [0, 0.05) is 28.4 Å². The highest BCUT2D eigenvalue weighted by molar-refractivity contribution is 5.38. The molecule has 0 N–H and O–H groups in total. The van der Waals surface area contributed by atoms with Crippen molar-refractivity contribution in [3.63, 3.8) is 0 Å². The summed E-state index contributed by atoms with van der Waals surface area (Å²) in [5, 5.41) is 0. The van der Waals surface area contributed by atoms with Crippen molar-refractivity contribution in [2.24, 2.45) is 0 Å². The Labute approximate surface area is 648 Å². The van der Waals surface area contributed by atoms with E-state index in [2.05, 4.69) is 132 Å². The van der Waals surface area contributed by atoms with Crippen molar-refractivity contribution in [1.82, 2.24) is 9.97 Å². The van der Waals surface area contributed by atoms with E-state index in [0.717, 1.165) is 34.5 Å². The van der Waals surface area contributed by atoms with Crippen LogP contribution >= 0.6 is 0 Å². The fourth-order valence-electron chi connectivity index (χ4n) is 8.91. The number of aryl methyl sites for hydroxylation is 4. The van der Waals surface area contributed by atoms with Crippen molar-refractivity contribution in [2.45, 2.75) is 291 Å². The molecule has 0 aliphatic rings. The first-order valence-corrected chi connectivity index (χ1v) is 34.7. The molecule has 618 valence electrons. The number of pyridine rings is 2. The summed E-state index contributed by atoms with van der Waals surface area (Å²) in [6.07, 6.45) is -20.2. The summed E-state index contributed by atoms with van der Waals surface area (Å²) in [5.74, 6) is -0.465. The van der Waals surface area contributed by atoms with Gasteiger partial charge in [0.1, 0.15) is 23.0 Å². The third-order valence-corrected chi connectivity index (χ3v) is 15.8. The van der Waals surface area contributed by atoms with Gasteiger partial charge in [-0.2, -0.15) is 39.5 Å². The molecule has 0 amide bonds. The molecule has 0 saturated carbocycles. The van der Waals surface area contributed by atoms with E-state index >= 15 is 0 Å². The van der Waals surface area contributed by atoms with E-state index in [9.17, 15) is 70.2 Å². The van der Waals surface area contributed by atoms with Crippen molar-refractivity contribution in [2.75, 3.05) is 0 Å².